The number of carbonyl (C=O) groups is 6. The highest BCUT2D eigenvalue weighted by Gasteiger charge is 2.40. The van der Waals surface area contributed by atoms with Crippen LogP contribution < -0.4 is 10.6 Å². The van der Waals surface area contributed by atoms with Crippen LogP contribution in [-0.2, 0) is 45.1 Å². The van der Waals surface area contributed by atoms with Crippen molar-refractivity contribution in [3.63, 3.8) is 0 Å². The van der Waals surface area contributed by atoms with Crippen LogP contribution in [0.5, 0.6) is 0 Å². The van der Waals surface area contributed by atoms with Gasteiger partial charge in [0.05, 0.1) is 5.69 Å². The molecule has 2 fully saturated rings. The van der Waals surface area contributed by atoms with E-state index in [1.54, 1.807) is 36.8 Å². The minimum absolute atomic E-state index is 0.0519. The van der Waals surface area contributed by atoms with Crippen LogP contribution in [0.3, 0.4) is 0 Å². The molecule has 2 saturated heterocycles. The maximum Gasteiger partial charge on any atom is 0.255 e. The van der Waals surface area contributed by atoms with Gasteiger partial charge in [-0.3, -0.25) is 44.0 Å². The van der Waals surface area contributed by atoms with Crippen molar-refractivity contribution in [2.45, 2.75) is 77.4 Å². The Morgan fingerprint density at radius 3 is 2.43 bits per heavy atom. The molecule has 3 aliphatic rings. The number of Topliss-reactive ketones (excluding diaryl/α,β-unsaturated/α-hetero) is 1. The van der Waals surface area contributed by atoms with E-state index in [2.05, 4.69) is 38.5 Å². The van der Waals surface area contributed by atoms with E-state index in [-0.39, 0.29) is 55.2 Å². The number of piperazine rings is 1. The van der Waals surface area contributed by atoms with Gasteiger partial charge >= 0.3 is 0 Å². The maximum absolute atomic E-state index is 13.4. The molecule has 0 aliphatic carbocycles. The molecule has 0 bridgehead atoms. The van der Waals surface area contributed by atoms with Gasteiger partial charge in [0.25, 0.3) is 5.91 Å². The number of benzene rings is 3. The first kappa shape index (κ1) is 42.7. The Hall–Kier alpha value is -6.93. The van der Waals surface area contributed by atoms with Gasteiger partial charge < -0.3 is 15.1 Å². The van der Waals surface area contributed by atoms with Crippen molar-refractivity contribution in [1.82, 2.24) is 35.0 Å². The first-order valence-corrected chi connectivity index (χ1v) is 21.6. The molecule has 0 radical (unpaired) electrons. The number of unbranched alkanes of at least 4 members (excludes halogenated alkanes) is 1. The minimum atomic E-state index is -0.730. The summed E-state index contributed by atoms with van der Waals surface area (Å²) in [4.78, 5) is 95.6. The first-order valence-electron chi connectivity index (χ1n) is 21.6. The standard InChI is InChI=1S/C49H50N8O6/c1-32-11-12-34(26-37(32)28-44-51-21-19-40(52-44)36-6-5-20-50-29-36)27-43(58)35-15-13-33(14-16-35)30-55-22-24-56(25-23-55)47(61)10-3-2-9-45(59)53-41-8-4-7-38-39(41)31-57(49(38)63)42-17-18-46(60)54-48(42)62/h4-8,11-16,19-21,26,29,42H,2-3,9-10,17-18,22-25,27-28,30-31H2,1H3,(H,53,59)(H,54,60,62). The number of rotatable bonds is 15. The van der Waals surface area contributed by atoms with Crippen molar-refractivity contribution in [2.75, 3.05) is 31.5 Å². The van der Waals surface area contributed by atoms with Gasteiger partial charge in [-0.05, 0) is 78.8 Å². The predicted molar refractivity (Wildman–Crippen MR) is 235 cm³/mol. The number of amides is 5. The Morgan fingerprint density at radius 2 is 1.65 bits per heavy atom. The zero-order valence-corrected chi connectivity index (χ0v) is 35.3. The summed E-state index contributed by atoms with van der Waals surface area (Å²) in [6.07, 6.45) is 8.27. The van der Waals surface area contributed by atoms with E-state index in [0.29, 0.717) is 73.4 Å². The average Bonchev–Trinajstić information content (AvgIpc) is 3.63. The number of anilines is 1. The van der Waals surface area contributed by atoms with Gasteiger partial charge in [0.1, 0.15) is 11.9 Å². The van der Waals surface area contributed by atoms with Crippen molar-refractivity contribution < 1.29 is 28.8 Å². The molecular weight excluding hydrogens is 797 g/mol. The number of aryl methyl sites for hydroxylation is 1. The molecule has 2 aromatic heterocycles. The minimum Gasteiger partial charge on any atom is -0.340 e. The topological polar surface area (TPSA) is 175 Å². The lowest BCUT2D eigenvalue weighted by atomic mass is 9.97. The number of pyridine rings is 1. The molecule has 63 heavy (non-hydrogen) atoms. The Bertz CT molecular complexity index is 2540. The normalized spacial score (nSPS) is 16.5. The van der Waals surface area contributed by atoms with Crippen LogP contribution in [0.1, 0.15) is 92.9 Å². The van der Waals surface area contributed by atoms with Crippen LogP contribution in [0.25, 0.3) is 11.3 Å². The SMILES string of the molecule is Cc1ccc(CC(=O)c2ccc(CN3CCN(C(=O)CCCCC(=O)Nc4cccc5c4CN(C4CCC(=O)NC4=O)C5=O)CC3)cc2)cc1Cc1nccc(-c2cccnc2)n1. The van der Waals surface area contributed by atoms with Crippen LogP contribution in [0, 0.1) is 6.92 Å². The molecule has 2 N–H and O–H groups in total. The Morgan fingerprint density at radius 1 is 0.857 bits per heavy atom. The number of hydrogen-bond donors (Lipinski definition) is 2. The number of piperidine rings is 1. The molecule has 322 valence electrons. The Labute approximate surface area is 366 Å². The lowest BCUT2D eigenvalue weighted by molar-refractivity contribution is -0.137. The number of carbonyl (C=O) groups excluding carboxylic acids is 6. The number of imide groups is 1. The predicted octanol–water partition coefficient (Wildman–Crippen LogP) is 5.47. The first-order chi connectivity index (χ1) is 30.6. The molecule has 5 amide bonds. The number of fused-ring (bicyclic) bond motifs is 1. The van der Waals surface area contributed by atoms with Crippen LogP contribution >= 0.6 is 0 Å². The fourth-order valence-electron chi connectivity index (χ4n) is 8.49. The van der Waals surface area contributed by atoms with Crippen molar-refractivity contribution in [2.24, 2.45) is 0 Å². The zero-order valence-electron chi connectivity index (χ0n) is 35.3. The van der Waals surface area contributed by atoms with Crippen LogP contribution in [0.15, 0.2) is 97.5 Å². The fourth-order valence-corrected chi connectivity index (χ4v) is 8.49. The van der Waals surface area contributed by atoms with E-state index < -0.39 is 11.9 Å². The molecule has 3 aliphatic heterocycles. The quantitative estimate of drug-likeness (QED) is 0.0782. The lowest BCUT2D eigenvalue weighted by Crippen LogP contribution is -2.52. The molecule has 3 aromatic carbocycles. The highest BCUT2D eigenvalue weighted by molar-refractivity contribution is 6.07. The smallest absolute Gasteiger partial charge is 0.255 e. The second kappa shape index (κ2) is 19.4. The molecule has 14 heteroatoms. The molecule has 14 nitrogen and oxygen atoms in total. The van der Waals surface area contributed by atoms with E-state index in [1.165, 1.54) is 4.90 Å². The largest absolute Gasteiger partial charge is 0.340 e. The molecular formula is C49H50N8O6. The van der Waals surface area contributed by atoms with Crippen LogP contribution in [0.4, 0.5) is 5.69 Å². The molecule has 5 aromatic rings. The van der Waals surface area contributed by atoms with E-state index in [0.717, 1.165) is 53.1 Å². The van der Waals surface area contributed by atoms with Gasteiger partial charge in [-0.25, -0.2) is 9.97 Å². The van der Waals surface area contributed by atoms with Crippen molar-refractivity contribution >= 4 is 41.0 Å². The van der Waals surface area contributed by atoms with Gasteiger partial charge in [-0.15, -0.1) is 0 Å². The summed E-state index contributed by atoms with van der Waals surface area (Å²) in [7, 11) is 0. The van der Waals surface area contributed by atoms with Gasteiger partial charge in [-0.2, -0.15) is 0 Å². The lowest BCUT2D eigenvalue weighted by Gasteiger charge is -2.35. The van der Waals surface area contributed by atoms with E-state index in [9.17, 15) is 28.8 Å². The van der Waals surface area contributed by atoms with E-state index >= 15 is 0 Å². The van der Waals surface area contributed by atoms with Crippen molar-refractivity contribution in [3.8, 4) is 11.3 Å². The molecule has 5 heterocycles. The second-order valence-corrected chi connectivity index (χ2v) is 16.5. The zero-order chi connectivity index (χ0) is 43.9. The summed E-state index contributed by atoms with van der Waals surface area (Å²) in [5, 5.41) is 5.22. The average molecular weight is 847 g/mol. The van der Waals surface area contributed by atoms with Gasteiger partial charge in [-0.1, -0.05) is 48.5 Å². The molecule has 1 atom stereocenters. The monoisotopic (exact) mass is 846 g/mol. The number of nitrogens with one attached hydrogen (secondary N) is 2. The van der Waals surface area contributed by atoms with Gasteiger partial charge in [0.2, 0.25) is 23.6 Å². The van der Waals surface area contributed by atoms with Gasteiger partial charge in [0, 0.05) is 118 Å². The number of ketones is 1. The van der Waals surface area contributed by atoms with Crippen molar-refractivity contribution in [1.29, 1.82) is 0 Å². The summed E-state index contributed by atoms with van der Waals surface area (Å²) >= 11 is 0. The third kappa shape index (κ3) is 10.4. The van der Waals surface area contributed by atoms with Crippen LogP contribution in [-0.4, -0.2) is 97.2 Å². The number of hydrogen-bond acceptors (Lipinski definition) is 10. The summed E-state index contributed by atoms with van der Waals surface area (Å²) in [6, 6.07) is 24.1. The Kier molecular flexibility index (Phi) is 13.2. The van der Waals surface area contributed by atoms with Gasteiger partial charge in [0.15, 0.2) is 5.78 Å². The number of aromatic nitrogens is 3. The summed E-state index contributed by atoms with van der Waals surface area (Å²) in [5.74, 6) is -0.492. The highest BCUT2D eigenvalue weighted by atomic mass is 16.2. The third-order valence-electron chi connectivity index (χ3n) is 12.1. The Balaban J connectivity index is 0.743. The summed E-state index contributed by atoms with van der Waals surface area (Å²) in [5.41, 5.74) is 8.28. The third-order valence-corrected chi connectivity index (χ3v) is 12.1. The molecule has 1 unspecified atom stereocenters. The van der Waals surface area contributed by atoms with E-state index in [1.807, 2.05) is 59.5 Å². The second-order valence-electron chi connectivity index (χ2n) is 16.5. The highest BCUT2D eigenvalue weighted by Crippen LogP contribution is 2.32. The summed E-state index contributed by atoms with van der Waals surface area (Å²) in [6.45, 7) is 5.70. The van der Waals surface area contributed by atoms with Crippen LogP contribution in [0.2, 0.25) is 0 Å². The molecule has 0 spiro atoms. The van der Waals surface area contributed by atoms with E-state index in [4.69, 9.17) is 4.98 Å². The summed E-state index contributed by atoms with van der Waals surface area (Å²) < 4.78 is 0. The maximum atomic E-state index is 13.4. The number of nitrogens with zero attached hydrogens (tertiary/aromatic N) is 6. The fraction of sp³-hybridized carbons (Fsp3) is 0.327. The van der Waals surface area contributed by atoms with Crippen molar-refractivity contribution in [3.05, 3.63) is 142 Å². The molecule has 8 rings (SSSR count). The molecule has 0 saturated carbocycles.